The van der Waals surface area contributed by atoms with Crippen LogP contribution in [0, 0.1) is 11.6 Å². The van der Waals surface area contributed by atoms with Gasteiger partial charge >= 0.3 is 18.1 Å². The maximum absolute atomic E-state index is 13.9. The van der Waals surface area contributed by atoms with Crippen LogP contribution in [0.5, 0.6) is 0 Å². The number of hydrogen-bond acceptors (Lipinski definition) is 6. The molecule has 0 saturated carbocycles. The summed E-state index contributed by atoms with van der Waals surface area (Å²) in [5.74, 6) is -2.58. The molecule has 0 unspecified atom stereocenters. The number of carboxylic acids is 1. The lowest BCUT2D eigenvalue weighted by atomic mass is 10.1. The highest BCUT2D eigenvalue weighted by atomic mass is 79.9. The molecule has 0 aliphatic carbocycles. The lowest BCUT2D eigenvalue weighted by molar-refractivity contribution is -0.137. The zero-order valence-corrected chi connectivity index (χ0v) is 21.8. The number of ether oxygens (including phenoxy) is 1. The fourth-order valence-corrected chi connectivity index (χ4v) is 3.69. The molecule has 3 rings (SSSR count). The predicted octanol–water partition coefficient (Wildman–Crippen LogP) is 5.40. The Morgan fingerprint density at radius 3 is 2.63 bits per heavy atom. The number of nitrogens with zero attached hydrogens (tertiary/aromatic N) is 2. The molecule has 0 spiro atoms. The first-order valence-electron chi connectivity index (χ1n) is 11.5. The third-order valence-corrected chi connectivity index (χ3v) is 6.06. The summed E-state index contributed by atoms with van der Waals surface area (Å²) >= 11 is 3.35. The zero-order chi connectivity index (χ0) is 27.7. The van der Waals surface area contributed by atoms with Gasteiger partial charge in [-0.15, -0.1) is 0 Å². The Balaban J connectivity index is 1.57. The van der Waals surface area contributed by atoms with Crippen LogP contribution in [0.1, 0.15) is 24.8 Å². The molecule has 13 heteroatoms. The normalized spacial score (nSPS) is 11.5. The Kier molecular flexibility index (Phi) is 10.2. The predicted molar refractivity (Wildman–Crippen MR) is 136 cm³/mol. The van der Waals surface area contributed by atoms with Gasteiger partial charge in [-0.3, -0.25) is 10.1 Å². The number of hydrogen-bond donors (Lipinski definition) is 3. The number of amides is 3. The molecule has 0 radical (unpaired) electrons. The van der Waals surface area contributed by atoms with Crippen molar-refractivity contribution in [2.75, 3.05) is 19.0 Å². The van der Waals surface area contributed by atoms with Crippen molar-refractivity contribution < 1.29 is 37.5 Å². The van der Waals surface area contributed by atoms with E-state index in [2.05, 4.69) is 31.7 Å². The molecule has 3 amide bonds. The molecule has 10 nitrogen and oxygen atoms in total. The molecular weight excluding hydrogens is 570 g/mol. The number of benzene rings is 2. The molecule has 202 valence electrons. The van der Waals surface area contributed by atoms with E-state index in [1.165, 1.54) is 30.1 Å². The number of rotatable bonds is 11. The van der Waals surface area contributed by atoms with Gasteiger partial charge in [0.15, 0.2) is 23.2 Å². The van der Waals surface area contributed by atoms with E-state index in [1.54, 1.807) is 12.1 Å². The highest BCUT2D eigenvalue weighted by molar-refractivity contribution is 9.10. The van der Waals surface area contributed by atoms with Gasteiger partial charge < -0.3 is 24.6 Å². The number of carboxylic acid groups (broad SMARTS) is 1. The number of anilines is 1. The third kappa shape index (κ3) is 8.26. The number of likely N-dealkylation sites (N-methyl/N-ethyl adjacent to an activating group) is 1. The zero-order valence-electron chi connectivity index (χ0n) is 20.2. The van der Waals surface area contributed by atoms with Crippen LogP contribution in [-0.2, 0) is 16.1 Å². The van der Waals surface area contributed by atoms with E-state index >= 15 is 0 Å². The van der Waals surface area contributed by atoms with Crippen LogP contribution in [-0.4, -0.2) is 53.0 Å². The quantitative estimate of drug-likeness (QED) is 0.271. The van der Waals surface area contributed by atoms with Crippen molar-refractivity contribution in [2.24, 2.45) is 0 Å². The van der Waals surface area contributed by atoms with Crippen LogP contribution in [0.3, 0.4) is 0 Å². The number of halogens is 3. The second-order valence-electron chi connectivity index (χ2n) is 8.23. The first-order chi connectivity index (χ1) is 18.1. The van der Waals surface area contributed by atoms with Crippen molar-refractivity contribution in [3.63, 3.8) is 0 Å². The number of aromatic nitrogens is 1. The van der Waals surface area contributed by atoms with Gasteiger partial charge in [0.05, 0.1) is 6.04 Å². The maximum atomic E-state index is 13.9. The van der Waals surface area contributed by atoms with Crippen molar-refractivity contribution >= 4 is 39.8 Å². The molecule has 38 heavy (non-hydrogen) atoms. The van der Waals surface area contributed by atoms with E-state index in [1.807, 2.05) is 12.1 Å². The van der Waals surface area contributed by atoms with Gasteiger partial charge in [-0.05, 0) is 31.0 Å². The van der Waals surface area contributed by atoms with Gasteiger partial charge in [0.25, 0.3) is 0 Å². The van der Waals surface area contributed by atoms with E-state index < -0.39 is 35.8 Å². The molecule has 3 aromatic rings. The van der Waals surface area contributed by atoms with Crippen molar-refractivity contribution in [2.45, 2.75) is 31.8 Å². The van der Waals surface area contributed by atoms with Gasteiger partial charge in [-0.2, -0.15) is 0 Å². The first-order valence-corrected chi connectivity index (χ1v) is 12.2. The molecule has 0 saturated heterocycles. The van der Waals surface area contributed by atoms with Gasteiger partial charge in [0.1, 0.15) is 6.61 Å². The number of carbonyl (C=O) groups excluding carboxylic acids is 2. The lowest BCUT2D eigenvalue weighted by Crippen LogP contribution is -2.46. The lowest BCUT2D eigenvalue weighted by Gasteiger charge is -2.28. The largest absolute Gasteiger partial charge is 0.481 e. The highest BCUT2D eigenvalue weighted by Gasteiger charge is 2.23. The van der Waals surface area contributed by atoms with E-state index in [4.69, 9.17) is 14.4 Å². The molecule has 2 aromatic carbocycles. The molecular formula is C25H25BrF2N4O6. The fraction of sp³-hybridized carbons (Fsp3) is 0.280. The standard InChI is InChI=1S/C25H25BrF2N4O6/c1-32(24(35)29-13-16-4-2-6-19(27)23(16)28)18(5-3-7-22(33)34)14-37-25(36)30-21-12-20(38-31-21)15-8-10-17(26)11-9-15/h2,4,6,8-12,18H,3,5,7,13-14H2,1H3,(H,29,35)(H,33,34)(H,30,31,36)/t18-/m0/s1. The number of urea groups is 1. The van der Waals surface area contributed by atoms with Crippen LogP contribution >= 0.6 is 15.9 Å². The summed E-state index contributed by atoms with van der Waals surface area (Å²) in [7, 11) is 1.42. The number of aliphatic carboxylic acids is 1. The van der Waals surface area contributed by atoms with Crippen molar-refractivity contribution in [1.29, 1.82) is 0 Å². The van der Waals surface area contributed by atoms with Crippen LogP contribution in [0.15, 0.2) is 57.5 Å². The molecule has 0 fully saturated rings. The monoisotopic (exact) mass is 594 g/mol. The first kappa shape index (κ1) is 28.6. The van der Waals surface area contributed by atoms with Gasteiger partial charge in [0, 0.05) is 41.7 Å². The van der Waals surface area contributed by atoms with Crippen LogP contribution < -0.4 is 10.6 Å². The Labute approximate surface area is 225 Å². The van der Waals surface area contributed by atoms with E-state index in [9.17, 15) is 23.2 Å². The summed E-state index contributed by atoms with van der Waals surface area (Å²) in [4.78, 5) is 37.1. The van der Waals surface area contributed by atoms with E-state index in [0.717, 1.165) is 16.1 Å². The maximum Gasteiger partial charge on any atom is 0.412 e. The Morgan fingerprint density at radius 1 is 1.18 bits per heavy atom. The fourth-order valence-electron chi connectivity index (χ4n) is 3.42. The van der Waals surface area contributed by atoms with E-state index in [0.29, 0.717) is 5.76 Å². The second kappa shape index (κ2) is 13.5. The van der Waals surface area contributed by atoms with E-state index in [-0.39, 0.29) is 43.8 Å². The van der Waals surface area contributed by atoms with Gasteiger partial charge in [-0.25, -0.2) is 18.4 Å². The Bertz CT molecular complexity index is 1270. The second-order valence-corrected chi connectivity index (χ2v) is 9.14. The SMILES string of the molecule is CN(C(=O)NCc1cccc(F)c1F)[C@@H](CCCC(=O)O)COC(=O)Nc1cc(-c2ccc(Br)cc2)on1. The molecule has 0 aliphatic rings. The third-order valence-electron chi connectivity index (χ3n) is 5.53. The van der Waals surface area contributed by atoms with Crippen molar-refractivity contribution in [3.05, 3.63) is 70.2 Å². The van der Waals surface area contributed by atoms with Crippen molar-refractivity contribution in [3.8, 4) is 11.3 Å². The molecule has 3 N–H and O–H groups in total. The molecule has 1 aromatic heterocycles. The average Bonchev–Trinajstić information content (AvgIpc) is 3.34. The summed E-state index contributed by atoms with van der Waals surface area (Å²) in [6.07, 6.45) is -0.597. The van der Waals surface area contributed by atoms with Crippen LogP contribution in [0.25, 0.3) is 11.3 Å². The number of nitrogens with one attached hydrogen (secondary N) is 2. The Morgan fingerprint density at radius 2 is 1.92 bits per heavy atom. The highest BCUT2D eigenvalue weighted by Crippen LogP contribution is 2.24. The Hall–Kier alpha value is -4.00. The number of carbonyl (C=O) groups is 3. The van der Waals surface area contributed by atoms with Gasteiger partial charge in [0.2, 0.25) is 0 Å². The van der Waals surface area contributed by atoms with Crippen molar-refractivity contribution in [1.82, 2.24) is 15.4 Å². The summed E-state index contributed by atoms with van der Waals surface area (Å²) < 4.78 is 38.7. The molecule has 1 heterocycles. The van der Waals surface area contributed by atoms with Crippen LogP contribution in [0.4, 0.5) is 24.2 Å². The smallest absolute Gasteiger partial charge is 0.412 e. The summed E-state index contributed by atoms with van der Waals surface area (Å²) in [6, 6.07) is 11.0. The van der Waals surface area contributed by atoms with Crippen LogP contribution in [0.2, 0.25) is 0 Å². The summed E-state index contributed by atoms with van der Waals surface area (Å²) in [5.41, 5.74) is 0.700. The molecule has 0 aliphatic heterocycles. The summed E-state index contributed by atoms with van der Waals surface area (Å²) in [6.45, 7) is -0.538. The minimum Gasteiger partial charge on any atom is -0.481 e. The topological polar surface area (TPSA) is 134 Å². The minimum atomic E-state index is -1.07. The molecule has 0 bridgehead atoms. The minimum absolute atomic E-state index is 0.0417. The molecule has 1 atom stereocenters. The summed E-state index contributed by atoms with van der Waals surface area (Å²) in [5, 5.41) is 17.6. The average molecular weight is 595 g/mol. The van der Waals surface area contributed by atoms with Gasteiger partial charge in [-0.1, -0.05) is 45.4 Å².